The zero-order valence-electron chi connectivity index (χ0n) is 17.3. The Balaban J connectivity index is 1.51. The van der Waals surface area contributed by atoms with E-state index in [1.165, 1.54) is 35.7 Å². The fraction of sp³-hybridized carbons (Fsp3) is 0.360. The van der Waals surface area contributed by atoms with Crippen molar-refractivity contribution >= 4 is 34.0 Å². The summed E-state index contributed by atoms with van der Waals surface area (Å²) in [5.74, 6) is 0.908. The smallest absolute Gasteiger partial charge is 0.124 e. The number of likely N-dealkylation sites (N-methyl/N-ethyl adjacent to an activating group) is 1. The second kappa shape index (κ2) is 10.0. The van der Waals surface area contributed by atoms with Gasteiger partial charge in [0.05, 0.1) is 10.0 Å². The maximum atomic E-state index is 6.24. The summed E-state index contributed by atoms with van der Waals surface area (Å²) >= 11 is 12.2. The molecule has 3 aromatic carbocycles. The van der Waals surface area contributed by atoms with Crippen LogP contribution < -0.4 is 10.1 Å². The molecule has 0 aromatic heterocycles. The van der Waals surface area contributed by atoms with Gasteiger partial charge in [-0.05, 0) is 60.5 Å². The Labute approximate surface area is 188 Å². The first-order valence-corrected chi connectivity index (χ1v) is 11.4. The zero-order valence-corrected chi connectivity index (χ0v) is 18.8. The quantitative estimate of drug-likeness (QED) is 0.442. The van der Waals surface area contributed by atoms with Gasteiger partial charge >= 0.3 is 0 Å². The normalized spacial score (nSPS) is 17.0. The molecule has 0 radical (unpaired) electrons. The summed E-state index contributed by atoms with van der Waals surface area (Å²) in [5.41, 5.74) is 2.20. The molecule has 5 heteroatoms. The molecule has 1 atom stereocenters. The van der Waals surface area contributed by atoms with Gasteiger partial charge in [-0.3, -0.25) is 4.90 Å². The standard InChI is InChI=1S/C25H28Cl2N2O/c1-2-29-13-5-7-20(29)15-28-16-22-21-8-4-3-6-19(21)10-12-25(22)30-17-18-9-11-23(26)24(27)14-18/h3-4,6,8-12,14,20,28H,2,5,7,13,15-17H2,1H3/t20-/m0/s1. The molecule has 1 heterocycles. The summed E-state index contributed by atoms with van der Waals surface area (Å²) < 4.78 is 6.24. The average Bonchev–Trinajstić information content (AvgIpc) is 3.22. The van der Waals surface area contributed by atoms with Crippen molar-refractivity contribution in [2.75, 3.05) is 19.6 Å². The first kappa shape index (κ1) is 21.5. The Morgan fingerprint density at radius 3 is 2.77 bits per heavy atom. The van der Waals surface area contributed by atoms with Gasteiger partial charge in [-0.2, -0.15) is 0 Å². The summed E-state index contributed by atoms with van der Waals surface area (Å²) in [6.45, 7) is 6.83. The molecular formula is C25H28Cl2N2O. The summed E-state index contributed by atoms with van der Waals surface area (Å²) in [6.07, 6.45) is 2.57. The Bertz CT molecular complexity index is 1010. The first-order chi connectivity index (χ1) is 14.7. The second-order valence-electron chi connectivity index (χ2n) is 7.86. The van der Waals surface area contributed by atoms with Crippen LogP contribution in [-0.4, -0.2) is 30.6 Å². The van der Waals surface area contributed by atoms with Crippen molar-refractivity contribution in [2.45, 2.75) is 39.0 Å². The van der Waals surface area contributed by atoms with Crippen LogP contribution in [0.1, 0.15) is 30.9 Å². The van der Waals surface area contributed by atoms with Crippen molar-refractivity contribution < 1.29 is 4.74 Å². The van der Waals surface area contributed by atoms with Crippen molar-refractivity contribution in [1.82, 2.24) is 10.2 Å². The Morgan fingerprint density at radius 1 is 1.07 bits per heavy atom. The number of nitrogens with zero attached hydrogens (tertiary/aromatic N) is 1. The fourth-order valence-electron chi connectivity index (χ4n) is 4.33. The maximum absolute atomic E-state index is 6.24. The number of nitrogens with one attached hydrogen (secondary N) is 1. The maximum Gasteiger partial charge on any atom is 0.124 e. The van der Waals surface area contributed by atoms with Gasteiger partial charge in [-0.15, -0.1) is 0 Å². The lowest BCUT2D eigenvalue weighted by Crippen LogP contribution is -2.37. The van der Waals surface area contributed by atoms with E-state index in [2.05, 4.69) is 53.5 Å². The predicted molar refractivity (Wildman–Crippen MR) is 127 cm³/mol. The van der Waals surface area contributed by atoms with Crippen LogP contribution in [0.5, 0.6) is 5.75 Å². The number of halogens is 2. The number of rotatable bonds is 8. The molecule has 0 spiro atoms. The average molecular weight is 443 g/mol. The van der Waals surface area contributed by atoms with Crippen molar-refractivity contribution in [2.24, 2.45) is 0 Å². The van der Waals surface area contributed by atoms with Crippen molar-refractivity contribution in [3.63, 3.8) is 0 Å². The number of ether oxygens (including phenoxy) is 1. The van der Waals surface area contributed by atoms with E-state index < -0.39 is 0 Å². The molecule has 1 N–H and O–H groups in total. The number of fused-ring (bicyclic) bond motifs is 1. The molecule has 1 aliphatic heterocycles. The Morgan fingerprint density at radius 2 is 1.93 bits per heavy atom. The number of benzene rings is 3. The molecule has 0 unspecified atom stereocenters. The van der Waals surface area contributed by atoms with Crippen molar-refractivity contribution in [3.05, 3.63) is 75.8 Å². The molecule has 3 aromatic rings. The lowest BCUT2D eigenvalue weighted by molar-refractivity contribution is 0.259. The van der Waals surface area contributed by atoms with E-state index in [1.54, 1.807) is 0 Å². The second-order valence-corrected chi connectivity index (χ2v) is 8.67. The van der Waals surface area contributed by atoms with E-state index in [9.17, 15) is 0 Å². The SMILES string of the molecule is CCN1CCC[C@H]1CNCc1c(OCc2ccc(Cl)c(Cl)c2)ccc2ccccc12. The summed E-state index contributed by atoms with van der Waals surface area (Å²) in [6, 6.07) is 18.9. The van der Waals surface area contributed by atoms with Crippen LogP contribution in [0.3, 0.4) is 0 Å². The minimum absolute atomic E-state index is 0.453. The lowest BCUT2D eigenvalue weighted by Gasteiger charge is -2.23. The van der Waals surface area contributed by atoms with E-state index in [0.29, 0.717) is 22.7 Å². The third kappa shape index (κ3) is 4.92. The molecule has 1 fully saturated rings. The minimum atomic E-state index is 0.453. The molecule has 1 saturated heterocycles. The summed E-state index contributed by atoms with van der Waals surface area (Å²) in [7, 11) is 0. The third-order valence-electron chi connectivity index (χ3n) is 5.96. The molecule has 1 aliphatic rings. The first-order valence-electron chi connectivity index (χ1n) is 10.7. The molecule has 0 bridgehead atoms. The highest BCUT2D eigenvalue weighted by Gasteiger charge is 2.22. The van der Waals surface area contributed by atoms with Gasteiger partial charge in [0.25, 0.3) is 0 Å². The minimum Gasteiger partial charge on any atom is -0.489 e. The molecule has 0 amide bonds. The number of hydrogen-bond acceptors (Lipinski definition) is 3. The fourth-order valence-corrected chi connectivity index (χ4v) is 4.65. The molecule has 0 aliphatic carbocycles. The third-order valence-corrected chi connectivity index (χ3v) is 6.70. The van der Waals surface area contributed by atoms with Crippen LogP contribution >= 0.6 is 23.2 Å². The van der Waals surface area contributed by atoms with Crippen LogP contribution in [0.2, 0.25) is 10.0 Å². The molecular weight excluding hydrogens is 415 g/mol. The summed E-state index contributed by atoms with van der Waals surface area (Å²) in [5, 5.41) is 7.27. The zero-order chi connectivity index (χ0) is 20.9. The van der Waals surface area contributed by atoms with Gasteiger partial charge < -0.3 is 10.1 Å². The highest BCUT2D eigenvalue weighted by molar-refractivity contribution is 6.42. The monoisotopic (exact) mass is 442 g/mol. The van der Waals surface area contributed by atoms with E-state index in [4.69, 9.17) is 27.9 Å². The van der Waals surface area contributed by atoms with Gasteiger partial charge in [0.15, 0.2) is 0 Å². The van der Waals surface area contributed by atoms with E-state index in [-0.39, 0.29) is 0 Å². The van der Waals surface area contributed by atoms with Gasteiger partial charge in [0.1, 0.15) is 12.4 Å². The van der Waals surface area contributed by atoms with Crippen LogP contribution in [-0.2, 0) is 13.2 Å². The molecule has 0 saturated carbocycles. The number of hydrogen-bond donors (Lipinski definition) is 1. The van der Waals surface area contributed by atoms with Gasteiger partial charge in [0, 0.05) is 24.7 Å². The highest BCUT2D eigenvalue weighted by atomic mass is 35.5. The van der Waals surface area contributed by atoms with Crippen LogP contribution in [0, 0.1) is 0 Å². The molecule has 158 valence electrons. The lowest BCUT2D eigenvalue weighted by atomic mass is 10.0. The van der Waals surface area contributed by atoms with Crippen LogP contribution in [0.4, 0.5) is 0 Å². The molecule has 30 heavy (non-hydrogen) atoms. The van der Waals surface area contributed by atoms with Gasteiger partial charge in [-0.1, -0.05) is 66.5 Å². The summed E-state index contributed by atoms with van der Waals surface area (Å²) in [4.78, 5) is 2.57. The van der Waals surface area contributed by atoms with Crippen molar-refractivity contribution in [3.8, 4) is 5.75 Å². The van der Waals surface area contributed by atoms with E-state index >= 15 is 0 Å². The Kier molecular flexibility index (Phi) is 7.16. The van der Waals surface area contributed by atoms with Gasteiger partial charge in [0.2, 0.25) is 0 Å². The predicted octanol–water partition coefficient (Wildman–Crippen LogP) is 6.30. The Hall–Kier alpha value is -1.78. The molecule has 4 rings (SSSR count). The van der Waals surface area contributed by atoms with Gasteiger partial charge in [-0.25, -0.2) is 0 Å². The molecule has 3 nitrogen and oxygen atoms in total. The van der Waals surface area contributed by atoms with Crippen molar-refractivity contribution in [1.29, 1.82) is 0 Å². The van der Waals surface area contributed by atoms with E-state index in [1.807, 2.05) is 18.2 Å². The van der Waals surface area contributed by atoms with Crippen LogP contribution in [0.25, 0.3) is 10.8 Å². The largest absolute Gasteiger partial charge is 0.489 e. The highest BCUT2D eigenvalue weighted by Crippen LogP contribution is 2.30. The van der Waals surface area contributed by atoms with Crippen LogP contribution in [0.15, 0.2) is 54.6 Å². The number of likely N-dealkylation sites (tertiary alicyclic amines) is 1. The van der Waals surface area contributed by atoms with E-state index in [0.717, 1.165) is 30.9 Å². The topological polar surface area (TPSA) is 24.5 Å².